The Balaban J connectivity index is 0.00000225. The van der Waals surface area contributed by atoms with Gasteiger partial charge in [0.2, 0.25) is 11.8 Å². The summed E-state index contributed by atoms with van der Waals surface area (Å²) in [5.74, 6) is 0.920. The van der Waals surface area contributed by atoms with E-state index < -0.39 is 0 Å². The highest BCUT2D eigenvalue weighted by Crippen LogP contribution is 2.14. The number of nitrogens with one attached hydrogen (secondary N) is 2. The van der Waals surface area contributed by atoms with Gasteiger partial charge in [0.15, 0.2) is 0 Å². The molecular formula is C18H26ClN3O3. The first-order valence-electron chi connectivity index (χ1n) is 8.69. The highest BCUT2D eigenvalue weighted by Gasteiger charge is 2.30. The lowest BCUT2D eigenvalue weighted by Gasteiger charge is -2.18. The van der Waals surface area contributed by atoms with Gasteiger partial charge in [0.25, 0.3) is 0 Å². The molecule has 7 heteroatoms. The molecule has 138 valence electrons. The Bertz CT molecular complexity index is 564. The maximum atomic E-state index is 12.1. The molecule has 2 N–H and O–H groups in total. The summed E-state index contributed by atoms with van der Waals surface area (Å²) in [4.78, 5) is 25.9. The Labute approximate surface area is 154 Å². The van der Waals surface area contributed by atoms with Gasteiger partial charge in [0.1, 0.15) is 12.4 Å². The second-order valence-corrected chi connectivity index (χ2v) is 6.47. The number of likely N-dealkylation sites (tertiary alicyclic amines) is 1. The van der Waals surface area contributed by atoms with Crippen LogP contribution in [0.2, 0.25) is 0 Å². The molecule has 0 aliphatic carbocycles. The van der Waals surface area contributed by atoms with Crippen LogP contribution in [-0.4, -0.2) is 55.0 Å². The van der Waals surface area contributed by atoms with E-state index in [2.05, 4.69) is 10.6 Å². The SMILES string of the molecule is Cl.O=C(CC1CCCN1)NC1CC(=O)N(CCOc2ccccc2)C1. The Morgan fingerprint density at radius 3 is 2.84 bits per heavy atom. The Morgan fingerprint density at radius 2 is 2.12 bits per heavy atom. The van der Waals surface area contributed by atoms with E-state index in [-0.39, 0.29) is 36.3 Å². The quantitative estimate of drug-likeness (QED) is 0.763. The number of rotatable bonds is 7. The first-order valence-corrected chi connectivity index (χ1v) is 8.69. The van der Waals surface area contributed by atoms with E-state index in [0.29, 0.717) is 32.5 Å². The Hall–Kier alpha value is -1.79. The summed E-state index contributed by atoms with van der Waals surface area (Å²) < 4.78 is 5.63. The number of carbonyl (C=O) groups is 2. The summed E-state index contributed by atoms with van der Waals surface area (Å²) in [6.45, 7) is 2.57. The topological polar surface area (TPSA) is 70.7 Å². The van der Waals surface area contributed by atoms with Gasteiger partial charge in [0, 0.05) is 25.4 Å². The number of benzene rings is 1. The van der Waals surface area contributed by atoms with Gasteiger partial charge in [-0.05, 0) is 31.5 Å². The molecular weight excluding hydrogens is 342 g/mol. The van der Waals surface area contributed by atoms with E-state index in [9.17, 15) is 9.59 Å². The second kappa shape index (κ2) is 9.63. The molecule has 2 fully saturated rings. The van der Waals surface area contributed by atoms with Crippen molar-refractivity contribution in [2.75, 3.05) is 26.2 Å². The van der Waals surface area contributed by atoms with Crippen LogP contribution in [0.15, 0.2) is 30.3 Å². The Kier molecular flexibility index (Phi) is 7.52. The van der Waals surface area contributed by atoms with Crippen molar-refractivity contribution in [2.45, 2.75) is 37.8 Å². The minimum absolute atomic E-state index is 0. The largest absolute Gasteiger partial charge is 0.492 e. The first kappa shape index (κ1) is 19.5. The maximum absolute atomic E-state index is 12.1. The standard InChI is InChI=1S/C18H25N3O3.ClH/c22-17(11-14-5-4-8-19-14)20-15-12-18(23)21(13-15)9-10-24-16-6-2-1-3-7-16;/h1-3,6-7,14-15,19H,4-5,8-13H2,(H,20,22);1H. The van der Waals surface area contributed by atoms with E-state index in [1.165, 1.54) is 0 Å². The number of halogens is 1. The van der Waals surface area contributed by atoms with Gasteiger partial charge in [-0.15, -0.1) is 12.4 Å². The molecule has 0 saturated carbocycles. The van der Waals surface area contributed by atoms with E-state index in [0.717, 1.165) is 25.1 Å². The van der Waals surface area contributed by atoms with Crippen LogP contribution in [0, 0.1) is 0 Å². The van der Waals surface area contributed by atoms with E-state index >= 15 is 0 Å². The average Bonchev–Trinajstić information content (AvgIpc) is 3.18. The summed E-state index contributed by atoms with van der Waals surface area (Å²) in [6, 6.07) is 9.77. The normalized spacial score (nSPS) is 22.6. The third kappa shape index (κ3) is 5.90. The number of ether oxygens (including phenoxy) is 1. The van der Waals surface area contributed by atoms with Crippen LogP contribution >= 0.6 is 12.4 Å². The van der Waals surface area contributed by atoms with Crippen LogP contribution in [0.25, 0.3) is 0 Å². The molecule has 6 nitrogen and oxygen atoms in total. The number of nitrogens with zero attached hydrogens (tertiary/aromatic N) is 1. The van der Waals surface area contributed by atoms with Crippen molar-refractivity contribution in [3.63, 3.8) is 0 Å². The zero-order chi connectivity index (χ0) is 16.8. The zero-order valence-corrected chi connectivity index (χ0v) is 15.1. The third-order valence-corrected chi connectivity index (χ3v) is 4.55. The van der Waals surface area contributed by atoms with Crippen LogP contribution in [0.4, 0.5) is 0 Å². The number of amides is 2. The van der Waals surface area contributed by atoms with Crippen molar-refractivity contribution in [3.8, 4) is 5.75 Å². The highest BCUT2D eigenvalue weighted by molar-refractivity contribution is 5.85. The molecule has 2 aliphatic rings. The van der Waals surface area contributed by atoms with Crippen molar-refractivity contribution in [1.29, 1.82) is 0 Å². The minimum atomic E-state index is -0.0804. The number of hydrogen-bond acceptors (Lipinski definition) is 4. The van der Waals surface area contributed by atoms with E-state index in [1.54, 1.807) is 4.90 Å². The molecule has 2 saturated heterocycles. The molecule has 2 amide bonds. The van der Waals surface area contributed by atoms with Gasteiger partial charge < -0.3 is 20.3 Å². The van der Waals surface area contributed by atoms with E-state index in [1.807, 2.05) is 30.3 Å². The minimum Gasteiger partial charge on any atom is -0.492 e. The lowest BCUT2D eigenvalue weighted by Crippen LogP contribution is -2.40. The molecule has 1 aromatic rings. The summed E-state index contributed by atoms with van der Waals surface area (Å²) in [5.41, 5.74) is 0. The molecule has 2 aliphatic heterocycles. The summed E-state index contributed by atoms with van der Waals surface area (Å²) >= 11 is 0. The zero-order valence-electron chi connectivity index (χ0n) is 14.3. The molecule has 2 atom stereocenters. The Morgan fingerprint density at radius 1 is 1.32 bits per heavy atom. The fraction of sp³-hybridized carbons (Fsp3) is 0.556. The summed E-state index contributed by atoms with van der Waals surface area (Å²) in [7, 11) is 0. The molecule has 3 rings (SSSR count). The molecule has 0 aromatic heterocycles. The monoisotopic (exact) mass is 367 g/mol. The van der Waals surface area contributed by atoms with Crippen LogP contribution in [0.5, 0.6) is 5.75 Å². The lowest BCUT2D eigenvalue weighted by molar-refractivity contribution is -0.128. The molecule has 2 unspecified atom stereocenters. The molecule has 0 radical (unpaired) electrons. The van der Waals surface area contributed by atoms with Gasteiger partial charge in [-0.3, -0.25) is 9.59 Å². The van der Waals surface area contributed by atoms with Gasteiger partial charge in [-0.1, -0.05) is 18.2 Å². The maximum Gasteiger partial charge on any atom is 0.224 e. The number of carbonyl (C=O) groups excluding carboxylic acids is 2. The highest BCUT2D eigenvalue weighted by atomic mass is 35.5. The van der Waals surface area contributed by atoms with Crippen molar-refractivity contribution in [2.24, 2.45) is 0 Å². The first-order chi connectivity index (χ1) is 11.7. The average molecular weight is 368 g/mol. The number of para-hydroxylation sites is 1. The van der Waals surface area contributed by atoms with Gasteiger partial charge in [-0.25, -0.2) is 0 Å². The van der Waals surface area contributed by atoms with Gasteiger partial charge in [-0.2, -0.15) is 0 Å². The predicted molar refractivity (Wildman–Crippen MR) is 98.0 cm³/mol. The van der Waals surface area contributed by atoms with Crippen LogP contribution in [0.1, 0.15) is 25.7 Å². The van der Waals surface area contributed by atoms with Gasteiger partial charge >= 0.3 is 0 Å². The van der Waals surface area contributed by atoms with Crippen LogP contribution in [-0.2, 0) is 9.59 Å². The number of hydrogen-bond donors (Lipinski definition) is 2. The smallest absolute Gasteiger partial charge is 0.224 e. The molecule has 0 bridgehead atoms. The second-order valence-electron chi connectivity index (χ2n) is 6.47. The predicted octanol–water partition coefficient (Wildman–Crippen LogP) is 1.35. The van der Waals surface area contributed by atoms with Gasteiger partial charge in [0.05, 0.1) is 12.6 Å². The van der Waals surface area contributed by atoms with E-state index in [4.69, 9.17) is 4.74 Å². The van der Waals surface area contributed by atoms with Crippen molar-refractivity contribution >= 4 is 24.2 Å². The fourth-order valence-corrected chi connectivity index (χ4v) is 3.32. The molecule has 0 spiro atoms. The van der Waals surface area contributed by atoms with Crippen LogP contribution in [0.3, 0.4) is 0 Å². The van der Waals surface area contributed by atoms with Crippen LogP contribution < -0.4 is 15.4 Å². The summed E-state index contributed by atoms with van der Waals surface area (Å²) in [6.07, 6.45) is 3.08. The molecule has 1 aromatic carbocycles. The molecule has 2 heterocycles. The fourth-order valence-electron chi connectivity index (χ4n) is 3.32. The van der Waals surface area contributed by atoms with Crippen molar-refractivity contribution < 1.29 is 14.3 Å². The molecule has 25 heavy (non-hydrogen) atoms. The third-order valence-electron chi connectivity index (χ3n) is 4.55. The lowest BCUT2D eigenvalue weighted by atomic mass is 10.1. The summed E-state index contributed by atoms with van der Waals surface area (Å²) in [5, 5.41) is 6.31. The van der Waals surface area contributed by atoms with Crippen molar-refractivity contribution in [3.05, 3.63) is 30.3 Å². The van der Waals surface area contributed by atoms with Crippen molar-refractivity contribution in [1.82, 2.24) is 15.5 Å².